The van der Waals surface area contributed by atoms with Gasteiger partial charge in [-0.3, -0.25) is 9.48 Å². The molecule has 1 aliphatic heterocycles. The number of methoxy groups -OCH3 is 2. The van der Waals surface area contributed by atoms with Crippen molar-refractivity contribution < 1.29 is 28.5 Å². The molecule has 0 aromatic carbocycles. The van der Waals surface area contributed by atoms with Crippen molar-refractivity contribution in [2.24, 2.45) is 10.8 Å². The van der Waals surface area contributed by atoms with Crippen molar-refractivity contribution >= 4 is 17.6 Å². The van der Waals surface area contributed by atoms with Crippen LogP contribution in [0.25, 0.3) is 11.4 Å². The Labute approximate surface area is 201 Å². The van der Waals surface area contributed by atoms with E-state index in [9.17, 15) is 14.7 Å². The summed E-state index contributed by atoms with van der Waals surface area (Å²) >= 11 is 6.62. The summed E-state index contributed by atoms with van der Waals surface area (Å²) < 4.78 is 35.1. The SMILES string of the molecule is COCC1(COC)CC(Oc2nn3c(c2Cl)-c2c(F)c(=O)c(C(=O)O)cn2[C@H](C(C)(C)C)C3)C1. The second-order valence-electron chi connectivity index (χ2n) is 10.3. The van der Waals surface area contributed by atoms with Crippen molar-refractivity contribution in [3.05, 3.63) is 32.8 Å². The Morgan fingerprint density at radius 3 is 2.41 bits per heavy atom. The third-order valence-corrected chi connectivity index (χ3v) is 7.02. The molecule has 2 aliphatic rings. The van der Waals surface area contributed by atoms with Crippen molar-refractivity contribution in [1.29, 1.82) is 0 Å². The number of carboxylic acid groups (broad SMARTS) is 1. The maximum atomic E-state index is 15.4. The molecule has 186 valence electrons. The van der Waals surface area contributed by atoms with Crippen molar-refractivity contribution in [1.82, 2.24) is 14.3 Å². The molecule has 34 heavy (non-hydrogen) atoms. The van der Waals surface area contributed by atoms with E-state index in [1.54, 1.807) is 18.9 Å². The molecule has 1 fully saturated rings. The Morgan fingerprint density at radius 1 is 1.26 bits per heavy atom. The lowest BCUT2D eigenvalue weighted by molar-refractivity contribution is -0.0998. The number of aromatic nitrogens is 3. The largest absolute Gasteiger partial charge is 0.477 e. The van der Waals surface area contributed by atoms with Crippen LogP contribution in [0.2, 0.25) is 5.02 Å². The quantitative estimate of drug-likeness (QED) is 0.622. The predicted molar refractivity (Wildman–Crippen MR) is 122 cm³/mol. The standard InChI is InChI=1S/C23H29ClFN3O6/c1-22(2,3)14-9-28-17(18-16(25)19(29)13(21(30)31)8-27(14)18)15(24)20(26-28)34-12-6-23(7-12,10-32-4)11-33-5/h8,12,14H,6-7,9-11H2,1-5H3,(H,30,31)/t14-/m0/s1. The van der Waals surface area contributed by atoms with Gasteiger partial charge in [-0.05, 0) is 18.3 Å². The van der Waals surface area contributed by atoms with Gasteiger partial charge in [-0.15, -0.1) is 5.10 Å². The van der Waals surface area contributed by atoms with Crippen LogP contribution in [0.1, 0.15) is 50.0 Å². The van der Waals surface area contributed by atoms with Gasteiger partial charge < -0.3 is 23.9 Å². The number of carboxylic acids is 1. The second kappa shape index (κ2) is 8.66. The first-order valence-electron chi connectivity index (χ1n) is 11.0. The van der Waals surface area contributed by atoms with Gasteiger partial charge in [0.2, 0.25) is 5.43 Å². The molecule has 0 unspecified atom stereocenters. The van der Waals surface area contributed by atoms with E-state index in [2.05, 4.69) is 5.10 Å². The maximum Gasteiger partial charge on any atom is 0.341 e. The molecule has 1 N–H and O–H groups in total. The summed E-state index contributed by atoms with van der Waals surface area (Å²) in [5.41, 5.74) is -2.26. The monoisotopic (exact) mass is 497 g/mol. The van der Waals surface area contributed by atoms with E-state index in [-0.39, 0.29) is 39.9 Å². The van der Waals surface area contributed by atoms with Gasteiger partial charge in [0.15, 0.2) is 5.82 Å². The summed E-state index contributed by atoms with van der Waals surface area (Å²) in [6, 6.07) is -0.383. The fraction of sp³-hybridized carbons (Fsp3) is 0.609. The van der Waals surface area contributed by atoms with Gasteiger partial charge in [-0.25, -0.2) is 9.18 Å². The highest BCUT2D eigenvalue weighted by Gasteiger charge is 2.47. The fourth-order valence-corrected chi connectivity index (χ4v) is 5.33. The minimum atomic E-state index is -1.48. The predicted octanol–water partition coefficient (Wildman–Crippen LogP) is 3.62. The number of aromatic carboxylic acids is 1. The van der Waals surface area contributed by atoms with Gasteiger partial charge in [0.1, 0.15) is 28.1 Å². The third-order valence-electron chi connectivity index (χ3n) is 6.68. The number of hydrogen-bond acceptors (Lipinski definition) is 6. The Bertz CT molecular complexity index is 1170. The highest BCUT2D eigenvalue weighted by molar-refractivity contribution is 6.34. The number of carbonyl (C=O) groups is 1. The number of hydrogen-bond donors (Lipinski definition) is 1. The summed E-state index contributed by atoms with van der Waals surface area (Å²) in [5, 5.41) is 14.0. The second-order valence-corrected chi connectivity index (χ2v) is 10.7. The molecule has 1 aliphatic carbocycles. The maximum absolute atomic E-state index is 15.4. The van der Waals surface area contributed by atoms with Gasteiger partial charge in [0.25, 0.3) is 5.88 Å². The van der Waals surface area contributed by atoms with Crippen molar-refractivity contribution in [3.63, 3.8) is 0 Å². The Hall–Kier alpha value is -2.43. The molecule has 0 bridgehead atoms. The van der Waals surface area contributed by atoms with Crippen LogP contribution in [-0.4, -0.2) is 59.0 Å². The normalized spacial score (nSPS) is 19.3. The molecular formula is C23H29ClFN3O6. The number of fused-ring (bicyclic) bond motifs is 3. The minimum absolute atomic E-state index is 0.0819. The van der Waals surface area contributed by atoms with Gasteiger partial charge in [0, 0.05) is 25.8 Å². The van der Waals surface area contributed by atoms with Crippen molar-refractivity contribution in [2.75, 3.05) is 27.4 Å². The molecule has 0 saturated heterocycles. The van der Waals surface area contributed by atoms with Crippen LogP contribution in [0.15, 0.2) is 11.0 Å². The molecule has 2 aromatic heterocycles. The fourth-order valence-electron chi connectivity index (χ4n) is 5.06. The molecule has 0 amide bonds. The first-order valence-corrected chi connectivity index (χ1v) is 11.4. The van der Waals surface area contributed by atoms with Crippen LogP contribution in [0, 0.1) is 16.6 Å². The number of halogens is 2. The van der Waals surface area contributed by atoms with Crippen LogP contribution in [0.3, 0.4) is 0 Å². The third kappa shape index (κ3) is 4.01. The molecule has 0 spiro atoms. The van der Waals surface area contributed by atoms with Gasteiger partial charge in [0.05, 0.1) is 25.8 Å². The van der Waals surface area contributed by atoms with Crippen LogP contribution < -0.4 is 10.2 Å². The molecule has 1 saturated carbocycles. The van der Waals surface area contributed by atoms with E-state index in [1.165, 1.54) is 10.8 Å². The van der Waals surface area contributed by atoms with E-state index in [1.807, 2.05) is 20.8 Å². The Kier molecular flexibility index (Phi) is 6.28. The molecule has 0 radical (unpaired) electrons. The van der Waals surface area contributed by atoms with E-state index >= 15 is 4.39 Å². The number of pyridine rings is 1. The molecule has 2 aromatic rings. The van der Waals surface area contributed by atoms with Gasteiger partial charge in [-0.1, -0.05) is 32.4 Å². The van der Waals surface area contributed by atoms with Crippen LogP contribution >= 0.6 is 11.6 Å². The van der Waals surface area contributed by atoms with Crippen LogP contribution in [0.5, 0.6) is 5.88 Å². The highest BCUT2D eigenvalue weighted by atomic mass is 35.5. The molecular weight excluding hydrogens is 469 g/mol. The molecule has 11 heteroatoms. The van der Waals surface area contributed by atoms with E-state index < -0.39 is 28.2 Å². The molecule has 4 rings (SSSR count). The minimum Gasteiger partial charge on any atom is -0.477 e. The zero-order valence-corrected chi connectivity index (χ0v) is 20.6. The Balaban J connectivity index is 1.75. The van der Waals surface area contributed by atoms with E-state index in [4.69, 9.17) is 25.8 Å². The lowest BCUT2D eigenvalue weighted by atomic mass is 9.68. The summed E-state index contributed by atoms with van der Waals surface area (Å²) in [4.78, 5) is 24.1. The van der Waals surface area contributed by atoms with E-state index in [0.29, 0.717) is 32.6 Å². The van der Waals surface area contributed by atoms with E-state index in [0.717, 1.165) is 0 Å². The first kappa shape index (κ1) is 24.7. The zero-order chi connectivity index (χ0) is 25.0. The smallest absolute Gasteiger partial charge is 0.341 e. The van der Waals surface area contributed by atoms with Crippen LogP contribution in [-0.2, 0) is 16.0 Å². The van der Waals surface area contributed by atoms with Crippen LogP contribution in [0.4, 0.5) is 4.39 Å². The Morgan fingerprint density at radius 2 is 1.88 bits per heavy atom. The lowest BCUT2D eigenvalue weighted by Gasteiger charge is -2.46. The summed E-state index contributed by atoms with van der Waals surface area (Å²) in [6.07, 6.45) is 2.40. The van der Waals surface area contributed by atoms with Gasteiger partial charge >= 0.3 is 5.97 Å². The van der Waals surface area contributed by atoms with Crippen molar-refractivity contribution in [2.45, 2.75) is 52.3 Å². The lowest BCUT2D eigenvalue weighted by Crippen LogP contribution is -2.49. The number of ether oxygens (including phenoxy) is 3. The average molecular weight is 498 g/mol. The summed E-state index contributed by atoms with van der Waals surface area (Å²) in [7, 11) is 3.28. The molecule has 1 atom stereocenters. The number of rotatable bonds is 7. The first-order chi connectivity index (χ1) is 15.9. The molecule has 3 heterocycles. The summed E-state index contributed by atoms with van der Waals surface area (Å²) in [6.45, 7) is 7.22. The average Bonchev–Trinajstić information content (AvgIpc) is 3.03. The van der Waals surface area contributed by atoms with Crippen molar-refractivity contribution in [3.8, 4) is 17.3 Å². The molecule has 9 nitrogen and oxygen atoms in total. The topological polar surface area (TPSA) is 105 Å². The highest BCUT2D eigenvalue weighted by Crippen LogP contribution is 2.48. The van der Waals surface area contributed by atoms with Gasteiger partial charge in [-0.2, -0.15) is 0 Å². The zero-order valence-electron chi connectivity index (χ0n) is 19.9. The summed E-state index contributed by atoms with van der Waals surface area (Å²) in [5.74, 6) is -2.51. The number of nitrogens with zero attached hydrogens (tertiary/aromatic N) is 3.